The van der Waals surface area contributed by atoms with E-state index < -0.39 is 0 Å². The number of para-hydroxylation sites is 2. The third-order valence-electron chi connectivity index (χ3n) is 5.71. The first-order valence-electron chi connectivity index (χ1n) is 10.6. The average molecular weight is 394 g/mol. The Balaban J connectivity index is 1.45. The highest BCUT2D eigenvalue weighted by Gasteiger charge is 2.22. The Labute approximate surface area is 173 Å². The fourth-order valence-corrected chi connectivity index (χ4v) is 3.92. The summed E-state index contributed by atoms with van der Waals surface area (Å²) in [5, 5.41) is 3.75. The third kappa shape index (κ3) is 5.14. The zero-order valence-corrected chi connectivity index (χ0v) is 17.9. The van der Waals surface area contributed by atoms with Crippen molar-refractivity contribution in [3.05, 3.63) is 54.4 Å². The first-order chi connectivity index (χ1) is 14.0. The lowest BCUT2D eigenvalue weighted by Crippen LogP contribution is -2.46. The maximum atomic E-state index is 4.90. The molecule has 1 aliphatic heterocycles. The van der Waals surface area contributed by atoms with Gasteiger partial charge in [0.25, 0.3) is 0 Å². The predicted molar refractivity (Wildman–Crippen MR) is 119 cm³/mol. The molecule has 29 heavy (non-hydrogen) atoms. The molecule has 1 aromatic carbocycles. The van der Waals surface area contributed by atoms with E-state index in [-0.39, 0.29) is 0 Å². The van der Waals surface area contributed by atoms with Gasteiger partial charge in [-0.3, -0.25) is 9.88 Å². The summed E-state index contributed by atoms with van der Waals surface area (Å²) in [5.41, 5.74) is 3.24. The Kier molecular flexibility index (Phi) is 5.83. The van der Waals surface area contributed by atoms with E-state index in [1.165, 1.54) is 13.1 Å². The van der Waals surface area contributed by atoms with Gasteiger partial charge < -0.3 is 14.4 Å². The van der Waals surface area contributed by atoms with Crippen molar-refractivity contribution in [2.45, 2.75) is 25.4 Å². The number of imidazole rings is 1. The Morgan fingerprint density at radius 1 is 1.03 bits per heavy atom. The number of piperidine rings is 1. The topological polar surface area (TPSA) is 46.0 Å². The first kappa shape index (κ1) is 19.9. The molecule has 4 rings (SSSR count). The molecule has 2 aromatic heterocycles. The van der Waals surface area contributed by atoms with Gasteiger partial charge in [0.2, 0.25) is 5.95 Å². The number of hydrogen-bond donors (Lipinski definition) is 1. The molecular weight excluding hydrogens is 360 g/mol. The Bertz CT molecular complexity index is 919. The summed E-state index contributed by atoms with van der Waals surface area (Å²) in [4.78, 5) is 12.0. The van der Waals surface area contributed by atoms with Crippen molar-refractivity contribution in [2.75, 3.05) is 52.6 Å². The summed E-state index contributed by atoms with van der Waals surface area (Å²) in [6.07, 6.45) is 4.17. The van der Waals surface area contributed by atoms with Crippen molar-refractivity contribution in [3.63, 3.8) is 0 Å². The molecule has 1 saturated heterocycles. The number of likely N-dealkylation sites (N-methyl/N-ethyl adjacent to an activating group) is 1. The summed E-state index contributed by atoms with van der Waals surface area (Å²) in [6, 6.07) is 14.9. The third-order valence-corrected chi connectivity index (χ3v) is 5.71. The Hall–Kier alpha value is -2.44. The van der Waals surface area contributed by atoms with Crippen LogP contribution in [0.3, 0.4) is 0 Å². The summed E-state index contributed by atoms with van der Waals surface area (Å²) >= 11 is 0. The summed E-state index contributed by atoms with van der Waals surface area (Å²) in [5.74, 6) is 0.960. The van der Waals surface area contributed by atoms with E-state index in [0.29, 0.717) is 6.04 Å². The van der Waals surface area contributed by atoms with Crippen LogP contribution in [0, 0.1) is 0 Å². The van der Waals surface area contributed by atoms with Gasteiger partial charge in [-0.1, -0.05) is 18.2 Å². The van der Waals surface area contributed by atoms with E-state index in [1.807, 2.05) is 18.3 Å². The van der Waals surface area contributed by atoms with Crippen LogP contribution < -0.4 is 5.32 Å². The number of anilines is 1. The van der Waals surface area contributed by atoms with Gasteiger partial charge in [0, 0.05) is 31.9 Å². The van der Waals surface area contributed by atoms with Crippen LogP contribution in [0.1, 0.15) is 18.5 Å². The Morgan fingerprint density at radius 3 is 2.52 bits per heavy atom. The largest absolute Gasteiger partial charge is 0.353 e. The minimum absolute atomic E-state index is 0.467. The van der Waals surface area contributed by atoms with Gasteiger partial charge >= 0.3 is 0 Å². The van der Waals surface area contributed by atoms with Crippen molar-refractivity contribution in [2.24, 2.45) is 0 Å². The molecule has 3 heterocycles. The second-order valence-corrected chi connectivity index (χ2v) is 9.11. The van der Waals surface area contributed by atoms with E-state index in [4.69, 9.17) is 4.98 Å². The number of fused-ring (bicyclic) bond motifs is 1. The fourth-order valence-electron chi connectivity index (χ4n) is 3.92. The second kappa shape index (κ2) is 8.51. The monoisotopic (exact) mass is 393 g/mol. The molecule has 1 N–H and O–H groups in total. The van der Waals surface area contributed by atoms with Crippen molar-refractivity contribution in [1.29, 1.82) is 0 Å². The average Bonchev–Trinajstić information content (AvgIpc) is 3.05. The zero-order chi connectivity index (χ0) is 20.3. The normalized spacial score (nSPS) is 16.4. The van der Waals surface area contributed by atoms with E-state index in [1.54, 1.807) is 0 Å². The molecule has 1 aliphatic rings. The number of hydrogen-bond acceptors (Lipinski definition) is 4. The lowest BCUT2D eigenvalue weighted by atomic mass is 10.1. The smallest absolute Gasteiger partial charge is 0.204 e. The van der Waals surface area contributed by atoms with E-state index in [2.05, 4.69) is 71.2 Å². The Morgan fingerprint density at radius 2 is 1.79 bits per heavy atom. The molecule has 0 bridgehead atoms. The van der Waals surface area contributed by atoms with Crippen molar-refractivity contribution >= 4 is 17.0 Å². The molecular formula is C23H33N6+. The number of likely N-dealkylation sites (tertiary alicyclic amines) is 1. The molecule has 1 fully saturated rings. The van der Waals surface area contributed by atoms with E-state index in [0.717, 1.165) is 59.6 Å². The SMILES string of the molecule is C[N+](C)(C)CCN1CCC(Nc2nc3ccccc3n2Cc2ccccn2)CC1. The van der Waals surface area contributed by atoms with Crippen LogP contribution in [-0.2, 0) is 6.54 Å². The molecule has 0 spiro atoms. The molecule has 0 amide bonds. The minimum Gasteiger partial charge on any atom is -0.353 e. The molecule has 3 aromatic rings. The molecule has 0 aliphatic carbocycles. The van der Waals surface area contributed by atoms with Crippen molar-refractivity contribution < 1.29 is 4.48 Å². The van der Waals surface area contributed by atoms with Gasteiger partial charge in [-0.25, -0.2) is 4.98 Å². The van der Waals surface area contributed by atoms with E-state index in [9.17, 15) is 0 Å². The van der Waals surface area contributed by atoms with Crippen LogP contribution in [0.25, 0.3) is 11.0 Å². The molecule has 0 radical (unpaired) electrons. The highest BCUT2D eigenvalue weighted by Crippen LogP contribution is 2.23. The standard InChI is InChI=1S/C23H33N6/c1-29(2,3)17-16-27-14-11-19(12-15-27)25-23-26-21-9-4-5-10-22(21)28(23)18-20-8-6-7-13-24-20/h4-10,13,19H,11-12,14-18H2,1-3H3,(H,25,26)/q+1. The fraction of sp³-hybridized carbons (Fsp3) is 0.478. The quantitative estimate of drug-likeness (QED) is 0.627. The maximum Gasteiger partial charge on any atom is 0.204 e. The number of nitrogens with one attached hydrogen (secondary N) is 1. The second-order valence-electron chi connectivity index (χ2n) is 9.11. The van der Waals surface area contributed by atoms with Gasteiger partial charge in [-0.15, -0.1) is 0 Å². The molecule has 0 atom stereocenters. The molecule has 0 saturated carbocycles. The lowest BCUT2D eigenvalue weighted by molar-refractivity contribution is -0.869. The van der Waals surface area contributed by atoms with Crippen LogP contribution in [0.2, 0.25) is 0 Å². The summed E-state index contributed by atoms with van der Waals surface area (Å²) in [6.45, 7) is 5.40. The number of nitrogens with zero attached hydrogens (tertiary/aromatic N) is 5. The molecule has 6 heteroatoms. The van der Waals surface area contributed by atoms with Crippen LogP contribution in [0.15, 0.2) is 48.7 Å². The van der Waals surface area contributed by atoms with Crippen LogP contribution in [-0.4, -0.2) is 77.3 Å². The summed E-state index contributed by atoms with van der Waals surface area (Å²) in [7, 11) is 6.79. The van der Waals surface area contributed by atoms with Crippen molar-refractivity contribution in [1.82, 2.24) is 19.4 Å². The lowest BCUT2D eigenvalue weighted by Gasteiger charge is -2.34. The number of quaternary nitrogens is 1. The van der Waals surface area contributed by atoms with Crippen LogP contribution in [0.5, 0.6) is 0 Å². The summed E-state index contributed by atoms with van der Waals surface area (Å²) < 4.78 is 3.29. The van der Waals surface area contributed by atoms with Crippen LogP contribution >= 0.6 is 0 Å². The van der Waals surface area contributed by atoms with Crippen LogP contribution in [0.4, 0.5) is 5.95 Å². The molecule has 0 unspecified atom stereocenters. The highest BCUT2D eigenvalue weighted by atomic mass is 15.3. The van der Waals surface area contributed by atoms with E-state index >= 15 is 0 Å². The van der Waals surface area contributed by atoms with Crippen molar-refractivity contribution in [3.8, 4) is 0 Å². The van der Waals surface area contributed by atoms with Gasteiger partial charge in [-0.05, 0) is 37.1 Å². The number of rotatable bonds is 7. The number of aromatic nitrogens is 3. The maximum absolute atomic E-state index is 4.90. The first-order valence-corrected chi connectivity index (χ1v) is 10.6. The molecule has 154 valence electrons. The van der Waals surface area contributed by atoms with Gasteiger partial charge in [0.15, 0.2) is 0 Å². The van der Waals surface area contributed by atoms with Gasteiger partial charge in [-0.2, -0.15) is 0 Å². The predicted octanol–water partition coefficient (Wildman–Crippen LogP) is 3.06. The minimum atomic E-state index is 0.467. The zero-order valence-electron chi connectivity index (χ0n) is 17.9. The number of benzene rings is 1. The van der Waals surface area contributed by atoms with Gasteiger partial charge in [0.05, 0.1) is 51.0 Å². The molecule has 6 nitrogen and oxygen atoms in total. The number of pyridine rings is 1. The van der Waals surface area contributed by atoms with Gasteiger partial charge in [0.1, 0.15) is 0 Å². The highest BCUT2D eigenvalue weighted by molar-refractivity contribution is 5.78.